The van der Waals surface area contributed by atoms with Gasteiger partial charge in [0.2, 0.25) is 0 Å². The summed E-state index contributed by atoms with van der Waals surface area (Å²) in [5.41, 5.74) is 0. The topological polar surface area (TPSA) is 26.3 Å². The standard InChI is InChI=1S/C6H10BrFO2/c1-2-5(7)6(9)10-4-3-8/h5H,2-4H2,1H3. The molecule has 4 heteroatoms. The van der Waals surface area contributed by atoms with Crippen molar-refractivity contribution in [2.75, 3.05) is 13.3 Å². The molecular formula is C6H10BrFO2. The highest BCUT2D eigenvalue weighted by molar-refractivity contribution is 9.10. The van der Waals surface area contributed by atoms with E-state index in [1.807, 2.05) is 6.92 Å². The number of halogens is 2. The van der Waals surface area contributed by atoms with Gasteiger partial charge in [0.05, 0.1) is 0 Å². The van der Waals surface area contributed by atoms with Gasteiger partial charge >= 0.3 is 5.97 Å². The molecule has 0 aliphatic heterocycles. The van der Waals surface area contributed by atoms with Gasteiger partial charge in [-0.05, 0) is 6.42 Å². The van der Waals surface area contributed by atoms with Crippen molar-refractivity contribution in [1.29, 1.82) is 0 Å². The summed E-state index contributed by atoms with van der Waals surface area (Å²) < 4.78 is 15.9. The summed E-state index contributed by atoms with van der Waals surface area (Å²) in [5.74, 6) is -0.389. The number of hydrogen-bond acceptors (Lipinski definition) is 2. The minimum absolute atomic E-state index is 0.138. The first-order valence-corrected chi connectivity index (χ1v) is 4.00. The monoisotopic (exact) mass is 212 g/mol. The molecule has 0 aromatic heterocycles. The third kappa shape index (κ3) is 3.82. The summed E-state index contributed by atoms with van der Waals surface area (Å²) in [4.78, 5) is 10.4. The third-order valence-electron chi connectivity index (χ3n) is 0.936. The Morgan fingerprint density at radius 2 is 2.40 bits per heavy atom. The maximum absolute atomic E-state index is 11.4. The molecule has 0 spiro atoms. The Balaban J connectivity index is 3.42. The molecule has 0 aliphatic carbocycles. The predicted octanol–water partition coefficient (Wildman–Crippen LogP) is 1.67. The lowest BCUT2D eigenvalue weighted by molar-refractivity contribution is -0.143. The van der Waals surface area contributed by atoms with Gasteiger partial charge in [-0.2, -0.15) is 0 Å². The molecule has 0 aliphatic rings. The summed E-state index contributed by atoms with van der Waals surface area (Å²) in [6.45, 7) is 1.09. The maximum Gasteiger partial charge on any atom is 0.319 e. The van der Waals surface area contributed by atoms with E-state index < -0.39 is 6.67 Å². The number of ether oxygens (including phenoxy) is 1. The van der Waals surface area contributed by atoms with E-state index in [-0.39, 0.29) is 17.4 Å². The highest BCUT2D eigenvalue weighted by atomic mass is 79.9. The van der Waals surface area contributed by atoms with Gasteiger partial charge in [-0.1, -0.05) is 22.9 Å². The summed E-state index contributed by atoms with van der Waals surface area (Å²) >= 11 is 3.08. The molecule has 0 aromatic carbocycles. The molecule has 10 heavy (non-hydrogen) atoms. The number of hydrogen-bond donors (Lipinski definition) is 0. The molecule has 0 aromatic rings. The Labute approximate surface area is 67.9 Å². The van der Waals surface area contributed by atoms with Crippen molar-refractivity contribution in [2.45, 2.75) is 18.2 Å². The first-order chi connectivity index (χ1) is 4.72. The fourth-order valence-electron chi connectivity index (χ4n) is 0.396. The molecule has 0 heterocycles. The molecule has 60 valence electrons. The average Bonchev–Trinajstić information content (AvgIpc) is 1.98. The van der Waals surface area contributed by atoms with E-state index in [1.165, 1.54) is 0 Å². The fourth-order valence-corrected chi connectivity index (χ4v) is 0.528. The van der Waals surface area contributed by atoms with E-state index >= 15 is 0 Å². The van der Waals surface area contributed by atoms with Crippen molar-refractivity contribution < 1.29 is 13.9 Å². The lowest BCUT2D eigenvalue weighted by Crippen LogP contribution is -2.17. The van der Waals surface area contributed by atoms with Crippen LogP contribution in [0.4, 0.5) is 4.39 Å². The van der Waals surface area contributed by atoms with Gasteiger partial charge in [0, 0.05) is 0 Å². The van der Waals surface area contributed by atoms with Crippen molar-refractivity contribution in [3.05, 3.63) is 0 Å². The second-order valence-corrected chi connectivity index (χ2v) is 2.84. The Bertz CT molecular complexity index is 108. The van der Waals surface area contributed by atoms with Crippen molar-refractivity contribution in [1.82, 2.24) is 0 Å². The number of alkyl halides is 2. The van der Waals surface area contributed by atoms with Gasteiger partial charge in [-0.3, -0.25) is 4.79 Å². The number of carbonyl (C=O) groups is 1. The zero-order chi connectivity index (χ0) is 7.98. The van der Waals surface area contributed by atoms with Crippen LogP contribution in [0.25, 0.3) is 0 Å². The SMILES string of the molecule is CCC(Br)C(=O)OCCF. The van der Waals surface area contributed by atoms with Gasteiger partial charge in [-0.15, -0.1) is 0 Å². The van der Waals surface area contributed by atoms with Crippen LogP contribution in [0.15, 0.2) is 0 Å². The van der Waals surface area contributed by atoms with Gasteiger partial charge in [-0.25, -0.2) is 4.39 Å². The Morgan fingerprint density at radius 3 is 2.80 bits per heavy atom. The minimum Gasteiger partial charge on any atom is -0.462 e. The van der Waals surface area contributed by atoms with Gasteiger partial charge in [0.1, 0.15) is 18.1 Å². The summed E-state index contributed by atoms with van der Waals surface area (Å²) in [6.07, 6.45) is 0.658. The summed E-state index contributed by atoms with van der Waals surface area (Å²) in [5, 5.41) is 0. The van der Waals surface area contributed by atoms with E-state index in [0.717, 1.165) is 0 Å². The average molecular weight is 213 g/mol. The zero-order valence-electron chi connectivity index (χ0n) is 5.77. The third-order valence-corrected chi connectivity index (χ3v) is 1.96. The zero-order valence-corrected chi connectivity index (χ0v) is 7.36. The Hall–Kier alpha value is -0.120. The van der Waals surface area contributed by atoms with E-state index in [0.29, 0.717) is 6.42 Å². The normalized spacial score (nSPS) is 12.7. The number of carbonyl (C=O) groups excluding carboxylic acids is 1. The molecule has 0 rings (SSSR count). The van der Waals surface area contributed by atoms with Crippen molar-refractivity contribution in [2.24, 2.45) is 0 Å². The number of rotatable bonds is 4. The smallest absolute Gasteiger partial charge is 0.319 e. The molecule has 0 saturated carbocycles. The Kier molecular flexibility index (Phi) is 5.58. The van der Waals surface area contributed by atoms with Crippen LogP contribution in [0.2, 0.25) is 0 Å². The molecule has 0 N–H and O–H groups in total. The molecular weight excluding hydrogens is 203 g/mol. The van der Waals surface area contributed by atoms with Crippen molar-refractivity contribution >= 4 is 21.9 Å². The van der Waals surface area contributed by atoms with Crippen molar-refractivity contribution in [3.63, 3.8) is 0 Å². The maximum atomic E-state index is 11.4. The lowest BCUT2D eigenvalue weighted by atomic mass is 10.3. The fraction of sp³-hybridized carbons (Fsp3) is 0.833. The summed E-state index contributed by atoms with van der Waals surface area (Å²) in [6, 6.07) is 0. The van der Waals surface area contributed by atoms with Crippen LogP contribution >= 0.6 is 15.9 Å². The van der Waals surface area contributed by atoms with E-state index in [9.17, 15) is 9.18 Å². The quantitative estimate of drug-likeness (QED) is 0.524. The molecule has 0 saturated heterocycles. The van der Waals surface area contributed by atoms with E-state index in [2.05, 4.69) is 20.7 Å². The Morgan fingerprint density at radius 1 is 1.80 bits per heavy atom. The van der Waals surface area contributed by atoms with Crippen LogP contribution in [0.3, 0.4) is 0 Å². The minimum atomic E-state index is -0.616. The molecule has 0 fully saturated rings. The summed E-state index contributed by atoms with van der Waals surface area (Å²) in [7, 11) is 0. The van der Waals surface area contributed by atoms with E-state index in [4.69, 9.17) is 0 Å². The van der Waals surface area contributed by atoms with Gasteiger partial charge in [0.15, 0.2) is 0 Å². The molecule has 0 bridgehead atoms. The molecule has 2 nitrogen and oxygen atoms in total. The van der Waals surface area contributed by atoms with Crippen LogP contribution in [-0.2, 0) is 9.53 Å². The van der Waals surface area contributed by atoms with Crippen LogP contribution in [0.5, 0.6) is 0 Å². The second-order valence-electron chi connectivity index (χ2n) is 1.73. The van der Waals surface area contributed by atoms with Crippen LogP contribution < -0.4 is 0 Å². The van der Waals surface area contributed by atoms with Gasteiger partial charge in [0.25, 0.3) is 0 Å². The van der Waals surface area contributed by atoms with Crippen molar-refractivity contribution in [3.8, 4) is 0 Å². The van der Waals surface area contributed by atoms with Crippen LogP contribution in [0, 0.1) is 0 Å². The highest BCUT2D eigenvalue weighted by Crippen LogP contribution is 2.05. The largest absolute Gasteiger partial charge is 0.462 e. The first-order valence-electron chi connectivity index (χ1n) is 3.09. The molecule has 0 radical (unpaired) electrons. The molecule has 1 atom stereocenters. The van der Waals surface area contributed by atoms with Gasteiger partial charge < -0.3 is 4.74 Å². The first kappa shape index (κ1) is 9.88. The predicted molar refractivity (Wildman–Crippen MR) is 39.9 cm³/mol. The van der Waals surface area contributed by atoms with E-state index in [1.54, 1.807) is 0 Å². The second kappa shape index (κ2) is 5.65. The molecule has 0 amide bonds. The van der Waals surface area contributed by atoms with Crippen LogP contribution in [-0.4, -0.2) is 24.1 Å². The molecule has 1 unspecified atom stereocenters. The highest BCUT2D eigenvalue weighted by Gasteiger charge is 2.12. The van der Waals surface area contributed by atoms with Crippen LogP contribution in [0.1, 0.15) is 13.3 Å². The lowest BCUT2D eigenvalue weighted by Gasteiger charge is -2.04. The number of esters is 1.